The second-order valence-corrected chi connectivity index (χ2v) is 5.79. The Morgan fingerprint density at radius 2 is 1.84 bits per heavy atom. The highest BCUT2D eigenvalue weighted by Crippen LogP contribution is 2.34. The highest BCUT2D eigenvalue weighted by atomic mass is 35.5. The Kier molecular flexibility index (Phi) is 4.52. The lowest BCUT2D eigenvalue weighted by molar-refractivity contribution is -0.380. The van der Waals surface area contributed by atoms with E-state index in [0.29, 0.717) is 27.3 Å². The standard InChI is InChI=1S/C11H7Cl3N2O2S/c12-7-2-8(13)11(9(14)3-7)15-4-6-1-10(16(17)18)19-5-6/h1-3,5,15H,4H2. The molecule has 100 valence electrons. The highest BCUT2D eigenvalue weighted by molar-refractivity contribution is 7.13. The van der Waals surface area contributed by atoms with Crippen LogP contribution < -0.4 is 5.32 Å². The first kappa shape index (κ1) is 14.4. The van der Waals surface area contributed by atoms with Crippen LogP contribution in [0.5, 0.6) is 0 Å². The maximum Gasteiger partial charge on any atom is 0.324 e. The number of nitrogens with zero attached hydrogens (tertiary/aromatic N) is 1. The quantitative estimate of drug-likeness (QED) is 0.614. The summed E-state index contributed by atoms with van der Waals surface area (Å²) in [5, 5.41) is 16.7. The number of thiophene rings is 1. The number of rotatable bonds is 4. The number of halogens is 3. The van der Waals surface area contributed by atoms with Crippen LogP contribution in [-0.4, -0.2) is 4.92 Å². The van der Waals surface area contributed by atoms with E-state index < -0.39 is 4.92 Å². The van der Waals surface area contributed by atoms with Crippen molar-refractivity contribution in [1.82, 2.24) is 0 Å². The first-order valence-corrected chi connectivity index (χ1v) is 7.09. The molecule has 0 unspecified atom stereocenters. The Balaban J connectivity index is 2.12. The molecule has 0 amide bonds. The molecule has 0 atom stereocenters. The summed E-state index contributed by atoms with van der Waals surface area (Å²) in [5.74, 6) is 0. The van der Waals surface area contributed by atoms with Crippen molar-refractivity contribution in [2.45, 2.75) is 6.54 Å². The van der Waals surface area contributed by atoms with Crippen molar-refractivity contribution in [2.75, 3.05) is 5.32 Å². The predicted molar refractivity (Wildman–Crippen MR) is 79.8 cm³/mol. The largest absolute Gasteiger partial charge is 0.379 e. The third-order valence-electron chi connectivity index (χ3n) is 2.30. The van der Waals surface area contributed by atoms with Gasteiger partial charge in [0, 0.05) is 23.0 Å². The third-order valence-corrected chi connectivity index (χ3v) is 4.04. The fourth-order valence-corrected chi connectivity index (χ4v) is 3.13. The van der Waals surface area contributed by atoms with Gasteiger partial charge in [-0.3, -0.25) is 10.1 Å². The van der Waals surface area contributed by atoms with Crippen LogP contribution >= 0.6 is 46.1 Å². The van der Waals surface area contributed by atoms with Gasteiger partial charge in [-0.15, -0.1) is 0 Å². The Morgan fingerprint density at radius 1 is 1.21 bits per heavy atom. The summed E-state index contributed by atoms with van der Waals surface area (Å²) in [5.41, 5.74) is 1.35. The van der Waals surface area contributed by atoms with Crippen LogP contribution in [0, 0.1) is 10.1 Å². The van der Waals surface area contributed by atoms with E-state index in [-0.39, 0.29) is 5.00 Å². The molecule has 8 heteroatoms. The van der Waals surface area contributed by atoms with Gasteiger partial charge in [0.05, 0.1) is 20.7 Å². The normalized spacial score (nSPS) is 10.5. The number of nitro groups is 1. The molecule has 1 aromatic heterocycles. The molecule has 2 rings (SSSR count). The molecule has 0 saturated heterocycles. The predicted octanol–water partition coefficient (Wildman–Crippen LogP) is 5.23. The minimum Gasteiger partial charge on any atom is -0.379 e. The fraction of sp³-hybridized carbons (Fsp3) is 0.0909. The molecular weight excluding hydrogens is 331 g/mol. The van der Waals surface area contributed by atoms with Crippen LogP contribution in [0.1, 0.15) is 5.56 Å². The van der Waals surface area contributed by atoms with Crippen molar-refractivity contribution in [3.05, 3.63) is 54.3 Å². The summed E-state index contributed by atoms with van der Waals surface area (Å²) < 4.78 is 0. The third kappa shape index (κ3) is 3.51. The second-order valence-electron chi connectivity index (χ2n) is 3.65. The van der Waals surface area contributed by atoms with Crippen LogP contribution in [-0.2, 0) is 6.54 Å². The van der Waals surface area contributed by atoms with E-state index in [2.05, 4.69) is 5.32 Å². The van der Waals surface area contributed by atoms with Crippen LogP contribution in [0.2, 0.25) is 15.1 Å². The van der Waals surface area contributed by atoms with Crippen molar-refractivity contribution in [1.29, 1.82) is 0 Å². The molecule has 0 spiro atoms. The highest BCUT2D eigenvalue weighted by Gasteiger charge is 2.11. The molecule has 0 aliphatic rings. The average molecular weight is 338 g/mol. The van der Waals surface area contributed by atoms with Crippen molar-refractivity contribution < 1.29 is 4.92 Å². The van der Waals surface area contributed by atoms with Gasteiger partial charge in [0.2, 0.25) is 0 Å². The van der Waals surface area contributed by atoms with Crippen LogP contribution in [0.3, 0.4) is 0 Å². The molecule has 0 aliphatic carbocycles. The SMILES string of the molecule is O=[N+]([O-])c1cc(CNc2c(Cl)cc(Cl)cc2Cl)cs1. The molecule has 0 radical (unpaired) electrons. The maximum absolute atomic E-state index is 10.6. The van der Waals surface area contributed by atoms with Crippen molar-refractivity contribution in [3.8, 4) is 0 Å². The lowest BCUT2D eigenvalue weighted by Gasteiger charge is -2.09. The molecule has 1 aromatic carbocycles. The van der Waals surface area contributed by atoms with Gasteiger partial charge >= 0.3 is 5.00 Å². The lowest BCUT2D eigenvalue weighted by atomic mass is 10.3. The van der Waals surface area contributed by atoms with Gasteiger partial charge in [-0.05, 0) is 17.7 Å². The monoisotopic (exact) mass is 336 g/mol. The van der Waals surface area contributed by atoms with E-state index in [1.807, 2.05) is 0 Å². The minimum atomic E-state index is -0.420. The van der Waals surface area contributed by atoms with Crippen molar-refractivity contribution in [3.63, 3.8) is 0 Å². The summed E-state index contributed by atoms with van der Waals surface area (Å²) in [4.78, 5) is 10.2. The number of hydrogen-bond donors (Lipinski definition) is 1. The first-order valence-electron chi connectivity index (χ1n) is 5.07. The van der Waals surface area contributed by atoms with E-state index in [1.165, 1.54) is 6.07 Å². The number of anilines is 1. The van der Waals surface area contributed by atoms with E-state index >= 15 is 0 Å². The summed E-state index contributed by atoms with van der Waals surface area (Å²) >= 11 is 18.9. The fourth-order valence-electron chi connectivity index (χ4n) is 1.45. The molecule has 4 nitrogen and oxygen atoms in total. The zero-order valence-corrected chi connectivity index (χ0v) is 12.4. The molecule has 1 heterocycles. The molecule has 0 aliphatic heterocycles. The first-order chi connectivity index (χ1) is 8.97. The van der Waals surface area contributed by atoms with Gasteiger partial charge in [-0.25, -0.2) is 0 Å². The Hall–Kier alpha value is -1.01. The zero-order chi connectivity index (χ0) is 14.0. The summed E-state index contributed by atoms with van der Waals surface area (Å²) in [6.45, 7) is 0.394. The smallest absolute Gasteiger partial charge is 0.324 e. The molecule has 19 heavy (non-hydrogen) atoms. The molecule has 2 aromatic rings. The summed E-state index contributed by atoms with van der Waals surface area (Å²) in [6, 6.07) is 4.66. The van der Waals surface area contributed by atoms with Crippen LogP contribution in [0.15, 0.2) is 23.6 Å². The van der Waals surface area contributed by atoms with Crippen molar-refractivity contribution >= 4 is 56.8 Å². The Bertz CT molecular complexity index is 607. The van der Waals surface area contributed by atoms with E-state index in [1.54, 1.807) is 17.5 Å². The Morgan fingerprint density at radius 3 is 2.37 bits per heavy atom. The molecular formula is C11H7Cl3N2O2S. The van der Waals surface area contributed by atoms with Crippen LogP contribution in [0.4, 0.5) is 10.7 Å². The van der Waals surface area contributed by atoms with Gasteiger partial charge < -0.3 is 5.32 Å². The number of benzene rings is 1. The molecule has 0 saturated carbocycles. The molecule has 1 N–H and O–H groups in total. The zero-order valence-electron chi connectivity index (χ0n) is 9.32. The minimum absolute atomic E-state index is 0.102. The maximum atomic E-state index is 10.6. The molecule has 0 bridgehead atoms. The average Bonchev–Trinajstić information content (AvgIpc) is 2.76. The number of nitrogens with one attached hydrogen (secondary N) is 1. The van der Waals surface area contributed by atoms with Gasteiger partial charge in [-0.1, -0.05) is 46.1 Å². The van der Waals surface area contributed by atoms with Gasteiger partial charge in [-0.2, -0.15) is 0 Å². The van der Waals surface area contributed by atoms with Gasteiger partial charge in [0.15, 0.2) is 0 Å². The van der Waals surface area contributed by atoms with Gasteiger partial charge in [0.25, 0.3) is 0 Å². The topological polar surface area (TPSA) is 55.2 Å². The van der Waals surface area contributed by atoms with E-state index in [9.17, 15) is 10.1 Å². The summed E-state index contributed by atoms with van der Waals surface area (Å²) in [7, 11) is 0. The van der Waals surface area contributed by atoms with Crippen molar-refractivity contribution in [2.24, 2.45) is 0 Å². The second kappa shape index (κ2) is 5.96. The van der Waals surface area contributed by atoms with E-state index in [4.69, 9.17) is 34.8 Å². The molecule has 0 fully saturated rings. The summed E-state index contributed by atoms with van der Waals surface area (Å²) in [6.07, 6.45) is 0. The van der Waals surface area contributed by atoms with Gasteiger partial charge in [0.1, 0.15) is 0 Å². The number of hydrogen-bond acceptors (Lipinski definition) is 4. The van der Waals surface area contributed by atoms with Crippen LogP contribution in [0.25, 0.3) is 0 Å². The lowest BCUT2D eigenvalue weighted by Crippen LogP contribution is -1.99. The van der Waals surface area contributed by atoms with E-state index in [0.717, 1.165) is 16.9 Å². The Labute approximate surface area is 128 Å².